The molecule has 1 rings (SSSR count). The van der Waals surface area contributed by atoms with Crippen molar-refractivity contribution >= 4 is 7.82 Å². The van der Waals surface area contributed by atoms with Crippen molar-refractivity contribution < 1.29 is 23.5 Å². The molecule has 17 heavy (non-hydrogen) atoms. The van der Waals surface area contributed by atoms with Gasteiger partial charge < -0.3 is 4.52 Å². The Morgan fingerprint density at radius 2 is 1.71 bits per heavy atom. The first-order chi connectivity index (χ1) is 7.68. The molecule has 0 heterocycles. The van der Waals surface area contributed by atoms with Crippen molar-refractivity contribution in [3.05, 3.63) is 29.8 Å². The highest BCUT2D eigenvalue weighted by molar-refractivity contribution is 7.47. The Bertz CT molecular complexity index is 407. The van der Waals surface area contributed by atoms with Crippen LogP contribution in [0.5, 0.6) is 5.75 Å². The topological polar surface area (TPSA) is 65.0 Å². The molecule has 0 spiro atoms. The van der Waals surface area contributed by atoms with Gasteiger partial charge in [-0.05, 0) is 39.8 Å². The zero-order valence-electron chi connectivity index (χ0n) is 10.3. The van der Waals surface area contributed by atoms with Crippen LogP contribution >= 0.6 is 7.82 Å². The molecule has 0 saturated carbocycles. The fourth-order valence-corrected chi connectivity index (χ4v) is 1.64. The van der Waals surface area contributed by atoms with E-state index < -0.39 is 13.4 Å². The highest BCUT2D eigenvalue weighted by Gasteiger charge is 2.27. The Labute approximate surface area is 101 Å². The minimum Gasteiger partial charge on any atom is -0.403 e. The second-order valence-corrected chi connectivity index (χ2v) is 5.91. The number of aryl methyl sites for hydroxylation is 1. The van der Waals surface area contributed by atoms with Gasteiger partial charge in [0.2, 0.25) is 0 Å². The lowest BCUT2D eigenvalue weighted by molar-refractivity contribution is -0.285. The van der Waals surface area contributed by atoms with Crippen LogP contribution < -0.4 is 4.52 Å². The van der Waals surface area contributed by atoms with Gasteiger partial charge in [-0.2, -0.15) is 0 Å². The molecule has 1 N–H and O–H groups in total. The zero-order valence-corrected chi connectivity index (χ0v) is 11.2. The Morgan fingerprint density at radius 3 is 2.18 bits per heavy atom. The second-order valence-electron chi connectivity index (χ2n) is 4.64. The van der Waals surface area contributed by atoms with Crippen LogP contribution in [0.2, 0.25) is 0 Å². The fourth-order valence-electron chi connectivity index (χ4n) is 0.906. The van der Waals surface area contributed by atoms with Crippen LogP contribution in [0, 0.1) is 6.92 Å². The summed E-state index contributed by atoms with van der Waals surface area (Å²) in [4.78, 5) is 14.1. The molecule has 0 bridgehead atoms. The maximum absolute atomic E-state index is 11.5. The minimum atomic E-state index is -4.25. The molecule has 1 atom stereocenters. The molecule has 0 radical (unpaired) electrons. The molecule has 6 heteroatoms. The predicted molar refractivity (Wildman–Crippen MR) is 63.6 cm³/mol. The summed E-state index contributed by atoms with van der Waals surface area (Å²) in [6.07, 6.45) is 0. The van der Waals surface area contributed by atoms with Crippen LogP contribution in [0.15, 0.2) is 24.3 Å². The standard InChI is InChI=1S/C11H17O5P/c1-9-5-7-10(8-6-9)14-17(12,13)16-15-11(2,3)4/h5-8H,1-4H3,(H,12,13). The van der Waals surface area contributed by atoms with Crippen molar-refractivity contribution in [3.8, 4) is 5.75 Å². The Morgan fingerprint density at radius 1 is 1.18 bits per heavy atom. The molecule has 0 aliphatic carbocycles. The number of benzene rings is 1. The SMILES string of the molecule is Cc1ccc(OP(=O)(O)OOC(C)(C)C)cc1. The van der Waals surface area contributed by atoms with Gasteiger partial charge in [0.15, 0.2) is 0 Å². The van der Waals surface area contributed by atoms with Gasteiger partial charge in [-0.3, -0.25) is 4.89 Å². The van der Waals surface area contributed by atoms with Gasteiger partial charge in [0.25, 0.3) is 0 Å². The zero-order chi connectivity index (χ0) is 13.1. The quantitative estimate of drug-likeness (QED) is 0.511. The lowest BCUT2D eigenvalue weighted by atomic mass is 10.2. The summed E-state index contributed by atoms with van der Waals surface area (Å²) in [5, 5.41) is 0. The van der Waals surface area contributed by atoms with Crippen molar-refractivity contribution in [1.82, 2.24) is 0 Å². The molecule has 0 aliphatic heterocycles. The van der Waals surface area contributed by atoms with Crippen LogP contribution in [0.4, 0.5) is 0 Å². The van der Waals surface area contributed by atoms with Crippen LogP contribution in [0.25, 0.3) is 0 Å². The Balaban J connectivity index is 2.60. The third-order valence-electron chi connectivity index (χ3n) is 1.62. The summed E-state index contributed by atoms with van der Waals surface area (Å²) >= 11 is 0. The number of hydrogen-bond donors (Lipinski definition) is 1. The summed E-state index contributed by atoms with van der Waals surface area (Å²) in [6.45, 7) is 6.98. The molecule has 0 aliphatic rings. The summed E-state index contributed by atoms with van der Waals surface area (Å²) in [5.41, 5.74) is 0.339. The minimum absolute atomic E-state index is 0.249. The third-order valence-corrected chi connectivity index (χ3v) is 2.33. The molecule has 1 aromatic rings. The monoisotopic (exact) mass is 260 g/mol. The predicted octanol–water partition coefficient (Wildman–Crippen LogP) is 3.22. The van der Waals surface area contributed by atoms with Crippen LogP contribution in [0.3, 0.4) is 0 Å². The van der Waals surface area contributed by atoms with Crippen molar-refractivity contribution in [1.29, 1.82) is 0 Å². The van der Waals surface area contributed by atoms with E-state index in [1.807, 2.05) is 6.92 Å². The first-order valence-electron chi connectivity index (χ1n) is 5.14. The molecular formula is C11H17O5P. The van der Waals surface area contributed by atoms with E-state index in [4.69, 9.17) is 9.41 Å². The van der Waals surface area contributed by atoms with Crippen LogP contribution in [-0.4, -0.2) is 10.5 Å². The molecule has 0 saturated heterocycles. The maximum Gasteiger partial charge on any atom is 0.555 e. The largest absolute Gasteiger partial charge is 0.555 e. The number of rotatable bonds is 4. The molecule has 0 amide bonds. The van der Waals surface area contributed by atoms with Crippen molar-refractivity contribution in [2.45, 2.75) is 33.3 Å². The molecule has 1 aromatic carbocycles. The van der Waals surface area contributed by atoms with Crippen molar-refractivity contribution in [3.63, 3.8) is 0 Å². The van der Waals surface area contributed by atoms with Gasteiger partial charge in [-0.15, -0.1) is 4.67 Å². The molecule has 1 unspecified atom stereocenters. The molecular weight excluding hydrogens is 243 g/mol. The summed E-state index contributed by atoms with van der Waals surface area (Å²) in [5.74, 6) is 0.249. The van der Waals surface area contributed by atoms with Gasteiger partial charge >= 0.3 is 7.82 Å². The highest BCUT2D eigenvalue weighted by atomic mass is 31.2. The average Bonchev–Trinajstić information content (AvgIpc) is 2.18. The fraction of sp³-hybridized carbons (Fsp3) is 0.455. The third kappa shape index (κ3) is 5.84. The lowest BCUT2D eigenvalue weighted by Gasteiger charge is -2.19. The normalized spacial score (nSPS) is 15.4. The second kappa shape index (κ2) is 5.19. The van der Waals surface area contributed by atoms with E-state index in [0.717, 1.165) is 5.56 Å². The van der Waals surface area contributed by atoms with E-state index in [0.29, 0.717) is 0 Å². The summed E-state index contributed by atoms with van der Waals surface area (Å²) in [6, 6.07) is 6.69. The first-order valence-corrected chi connectivity index (χ1v) is 6.64. The van der Waals surface area contributed by atoms with E-state index >= 15 is 0 Å². The Kier molecular flexibility index (Phi) is 4.33. The van der Waals surface area contributed by atoms with Gasteiger partial charge in [0, 0.05) is 0 Å². The smallest absolute Gasteiger partial charge is 0.403 e. The first kappa shape index (κ1) is 14.2. The van der Waals surface area contributed by atoms with E-state index in [2.05, 4.69) is 4.67 Å². The summed E-state index contributed by atoms with van der Waals surface area (Å²) < 4.78 is 20.7. The number of phosphoric acid groups is 1. The van der Waals surface area contributed by atoms with Crippen molar-refractivity contribution in [2.24, 2.45) is 0 Å². The highest BCUT2D eigenvalue weighted by Crippen LogP contribution is 2.44. The van der Waals surface area contributed by atoms with Gasteiger partial charge in [0.05, 0.1) is 5.60 Å². The average molecular weight is 260 g/mol. The van der Waals surface area contributed by atoms with Gasteiger partial charge in [-0.25, -0.2) is 9.45 Å². The van der Waals surface area contributed by atoms with Crippen molar-refractivity contribution in [2.75, 3.05) is 0 Å². The van der Waals surface area contributed by atoms with E-state index in [1.54, 1.807) is 45.0 Å². The number of hydrogen-bond acceptors (Lipinski definition) is 4. The van der Waals surface area contributed by atoms with Gasteiger partial charge in [-0.1, -0.05) is 17.7 Å². The van der Waals surface area contributed by atoms with Gasteiger partial charge in [0.1, 0.15) is 5.75 Å². The molecule has 0 aromatic heterocycles. The van der Waals surface area contributed by atoms with E-state index in [1.165, 1.54) is 0 Å². The lowest BCUT2D eigenvalue weighted by Crippen LogP contribution is -2.19. The Hall–Kier alpha value is -0.870. The number of phosphoric ester groups is 1. The van der Waals surface area contributed by atoms with E-state index in [-0.39, 0.29) is 5.75 Å². The molecule has 5 nitrogen and oxygen atoms in total. The van der Waals surface area contributed by atoms with E-state index in [9.17, 15) is 9.46 Å². The summed E-state index contributed by atoms with van der Waals surface area (Å²) in [7, 11) is -4.25. The molecule has 0 fully saturated rings. The van der Waals surface area contributed by atoms with Crippen LogP contribution in [-0.2, 0) is 14.1 Å². The van der Waals surface area contributed by atoms with Crippen LogP contribution in [0.1, 0.15) is 26.3 Å². The maximum atomic E-state index is 11.5. The molecule has 96 valence electrons.